The van der Waals surface area contributed by atoms with Gasteiger partial charge in [0.25, 0.3) is 5.91 Å². The molecule has 1 radical (unpaired) electrons. The first-order valence-corrected chi connectivity index (χ1v) is 8.63. The Morgan fingerprint density at radius 3 is 2.50 bits per heavy atom. The molecule has 7 heteroatoms. The largest absolute Gasteiger partial charge is 0.456 e. The summed E-state index contributed by atoms with van der Waals surface area (Å²) in [6.07, 6.45) is -0.286. The highest BCUT2D eigenvalue weighted by molar-refractivity contribution is 6.08. The normalized spacial score (nSPS) is 16.9. The number of para-hydroxylation sites is 1. The van der Waals surface area contributed by atoms with E-state index in [4.69, 9.17) is 20.9 Å². The van der Waals surface area contributed by atoms with E-state index in [1.54, 1.807) is 24.3 Å². The molecular weight excluding hydrogens is 360 g/mol. The van der Waals surface area contributed by atoms with Crippen LogP contribution in [0.25, 0.3) is 0 Å². The van der Waals surface area contributed by atoms with Gasteiger partial charge in [0.15, 0.2) is 0 Å². The van der Waals surface area contributed by atoms with E-state index in [-0.39, 0.29) is 23.5 Å². The number of carbonyl (C=O) groups is 2. The van der Waals surface area contributed by atoms with E-state index >= 15 is 0 Å². The van der Waals surface area contributed by atoms with Gasteiger partial charge in [-0.25, -0.2) is 0 Å². The third-order valence-corrected chi connectivity index (χ3v) is 4.62. The number of aliphatic hydroxyl groups is 1. The van der Waals surface area contributed by atoms with Gasteiger partial charge in [0, 0.05) is 17.0 Å². The van der Waals surface area contributed by atoms with Crippen LogP contribution in [-0.2, 0) is 4.74 Å². The Balaban J connectivity index is 2.27. The zero-order chi connectivity index (χ0) is 20.4. The molecule has 28 heavy (non-hydrogen) atoms. The summed E-state index contributed by atoms with van der Waals surface area (Å²) in [6.45, 7) is 7.52. The highest BCUT2D eigenvalue weighted by Gasteiger charge is 2.39. The lowest BCUT2D eigenvalue weighted by Gasteiger charge is -2.35. The Morgan fingerprint density at radius 1 is 1.18 bits per heavy atom. The average molecular weight is 381 g/mol. The summed E-state index contributed by atoms with van der Waals surface area (Å²) >= 11 is 0. The van der Waals surface area contributed by atoms with Crippen LogP contribution in [0.2, 0.25) is 0 Å². The summed E-state index contributed by atoms with van der Waals surface area (Å²) < 4.78 is 11.7. The average Bonchev–Trinajstić information content (AvgIpc) is 2.65. The van der Waals surface area contributed by atoms with Crippen LogP contribution in [0.1, 0.15) is 37.8 Å². The van der Waals surface area contributed by atoms with E-state index in [9.17, 15) is 14.7 Å². The van der Waals surface area contributed by atoms with Crippen LogP contribution in [0.3, 0.4) is 0 Å². The molecule has 0 saturated heterocycles. The fraction of sp³-hybridized carbons (Fsp3) is 0.190. The summed E-state index contributed by atoms with van der Waals surface area (Å²) in [7, 11) is 0. The highest BCUT2D eigenvalue weighted by atomic mass is 16.5. The van der Waals surface area contributed by atoms with Crippen molar-refractivity contribution in [2.24, 2.45) is 11.5 Å². The number of benzene rings is 2. The van der Waals surface area contributed by atoms with Crippen molar-refractivity contribution < 1.29 is 24.2 Å². The van der Waals surface area contributed by atoms with Crippen molar-refractivity contribution in [2.45, 2.75) is 18.1 Å². The van der Waals surface area contributed by atoms with E-state index in [0.717, 1.165) is 5.56 Å². The second-order valence-corrected chi connectivity index (χ2v) is 6.41. The number of ether oxygens (including phenoxy) is 2. The molecule has 0 spiro atoms. The van der Waals surface area contributed by atoms with Crippen LogP contribution in [0.15, 0.2) is 49.1 Å². The lowest BCUT2D eigenvalue weighted by Crippen LogP contribution is -2.36. The van der Waals surface area contributed by atoms with Crippen LogP contribution in [0.5, 0.6) is 11.5 Å². The SMILES string of the molecule is [CH2]C(O)C(OCC=C)C1c2ccccc2Oc2c1ccc(C(N)=O)c2C(N)=O. The molecule has 1 heterocycles. The van der Waals surface area contributed by atoms with E-state index < -0.39 is 29.9 Å². The molecule has 0 saturated carbocycles. The number of hydrogen-bond donors (Lipinski definition) is 3. The summed E-state index contributed by atoms with van der Waals surface area (Å²) in [5.41, 5.74) is 12.1. The molecule has 2 aromatic rings. The van der Waals surface area contributed by atoms with Crippen LogP contribution in [-0.4, -0.2) is 35.7 Å². The maximum atomic E-state index is 12.1. The molecule has 5 N–H and O–H groups in total. The van der Waals surface area contributed by atoms with E-state index in [1.807, 2.05) is 12.1 Å². The first-order valence-electron chi connectivity index (χ1n) is 8.63. The van der Waals surface area contributed by atoms with Gasteiger partial charge in [-0.3, -0.25) is 9.59 Å². The molecule has 1 aliphatic rings. The number of rotatable bonds is 7. The molecule has 3 atom stereocenters. The van der Waals surface area contributed by atoms with Crippen molar-refractivity contribution in [1.29, 1.82) is 0 Å². The monoisotopic (exact) mass is 381 g/mol. The molecular formula is C21H21N2O5. The van der Waals surface area contributed by atoms with Gasteiger partial charge in [0.1, 0.15) is 11.5 Å². The van der Waals surface area contributed by atoms with E-state index in [0.29, 0.717) is 11.3 Å². The smallest absolute Gasteiger partial charge is 0.253 e. The van der Waals surface area contributed by atoms with E-state index in [2.05, 4.69) is 13.5 Å². The first kappa shape index (κ1) is 19.6. The van der Waals surface area contributed by atoms with Gasteiger partial charge < -0.3 is 26.0 Å². The lowest BCUT2D eigenvalue weighted by atomic mass is 9.80. The van der Waals surface area contributed by atoms with Gasteiger partial charge >= 0.3 is 0 Å². The minimum absolute atomic E-state index is 0.0388. The molecule has 2 aromatic carbocycles. The van der Waals surface area contributed by atoms with Gasteiger partial charge in [0.2, 0.25) is 5.91 Å². The Labute approximate surface area is 162 Å². The lowest BCUT2D eigenvalue weighted by molar-refractivity contribution is -0.0167. The molecule has 0 aromatic heterocycles. The predicted octanol–water partition coefficient (Wildman–Crippen LogP) is 1.89. The molecule has 0 bridgehead atoms. The number of primary amides is 2. The second-order valence-electron chi connectivity index (χ2n) is 6.41. The summed E-state index contributed by atoms with van der Waals surface area (Å²) in [5.74, 6) is -1.58. The van der Waals surface area contributed by atoms with Crippen LogP contribution in [0.4, 0.5) is 0 Å². The van der Waals surface area contributed by atoms with E-state index in [1.165, 1.54) is 6.07 Å². The Hall–Kier alpha value is -3.16. The number of aliphatic hydroxyl groups excluding tert-OH is 1. The molecule has 3 unspecified atom stereocenters. The van der Waals surface area contributed by atoms with Gasteiger partial charge in [0.05, 0.1) is 29.9 Å². The van der Waals surface area contributed by atoms with Crippen molar-refractivity contribution in [2.75, 3.05) is 6.61 Å². The minimum atomic E-state index is -1.09. The van der Waals surface area contributed by atoms with Crippen molar-refractivity contribution in [1.82, 2.24) is 0 Å². The number of carbonyl (C=O) groups excluding carboxylic acids is 2. The molecule has 145 valence electrons. The van der Waals surface area contributed by atoms with Gasteiger partial charge in [-0.1, -0.05) is 30.3 Å². The fourth-order valence-corrected chi connectivity index (χ4v) is 3.47. The standard InChI is InChI=1S/C21H21N2O5/c1-3-10-27-18(11(2)24)16-12-6-4-5-7-15(12)28-19-13(16)8-9-14(20(22)25)17(19)21(23)26/h3-9,11,16,18,24H,1-2,10H2,(H2,22,25)(H2,23,26). The highest BCUT2D eigenvalue weighted by Crippen LogP contribution is 2.48. The summed E-state index contributed by atoms with van der Waals surface area (Å²) in [4.78, 5) is 23.9. The third kappa shape index (κ3) is 3.37. The number of fused-ring (bicyclic) bond motifs is 2. The Bertz CT molecular complexity index is 938. The summed E-state index contributed by atoms with van der Waals surface area (Å²) in [5, 5.41) is 10.3. The maximum Gasteiger partial charge on any atom is 0.253 e. The number of amides is 2. The predicted molar refractivity (Wildman–Crippen MR) is 103 cm³/mol. The zero-order valence-corrected chi connectivity index (χ0v) is 15.1. The van der Waals surface area contributed by atoms with Crippen LogP contribution in [0, 0.1) is 6.92 Å². The summed E-state index contributed by atoms with van der Waals surface area (Å²) in [6, 6.07) is 10.2. The minimum Gasteiger partial charge on any atom is -0.456 e. The number of nitrogens with two attached hydrogens (primary N) is 2. The van der Waals surface area contributed by atoms with Crippen LogP contribution < -0.4 is 16.2 Å². The molecule has 7 nitrogen and oxygen atoms in total. The Morgan fingerprint density at radius 2 is 1.89 bits per heavy atom. The van der Waals surface area contributed by atoms with Crippen molar-refractivity contribution in [3.8, 4) is 11.5 Å². The van der Waals surface area contributed by atoms with Gasteiger partial charge in [-0.2, -0.15) is 0 Å². The maximum absolute atomic E-state index is 12.1. The zero-order valence-electron chi connectivity index (χ0n) is 15.1. The van der Waals surface area contributed by atoms with Gasteiger partial charge in [-0.05, 0) is 19.1 Å². The van der Waals surface area contributed by atoms with Crippen molar-refractivity contribution in [3.05, 3.63) is 78.2 Å². The molecule has 2 amide bonds. The number of hydrogen-bond acceptors (Lipinski definition) is 5. The molecule has 3 rings (SSSR count). The van der Waals surface area contributed by atoms with Gasteiger partial charge in [-0.15, -0.1) is 6.58 Å². The second kappa shape index (κ2) is 7.84. The van der Waals surface area contributed by atoms with Crippen molar-refractivity contribution >= 4 is 11.8 Å². The van der Waals surface area contributed by atoms with Crippen LogP contribution >= 0.6 is 0 Å². The van der Waals surface area contributed by atoms with Crippen molar-refractivity contribution in [3.63, 3.8) is 0 Å². The Kier molecular flexibility index (Phi) is 5.48. The quantitative estimate of drug-likeness (QED) is 0.632. The molecule has 0 fully saturated rings. The first-order chi connectivity index (χ1) is 13.4. The fourth-order valence-electron chi connectivity index (χ4n) is 3.47. The topological polar surface area (TPSA) is 125 Å². The molecule has 1 aliphatic heterocycles. The molecule has 0 aliphatic carbocycles. The third-order valence-electron chi connectivity index (χ3n) is 4.62.